The molecule has 0 bridgehead atoms. The molecule has 10 aromatic rings. The maximum atomic E-state index is 6.80. The first-order chi connectivity index (χ1) is 41.1. The van der Waals surface area contributed by atoms with Crippen LogP contribution in [0.3, 0.4) is 0 Å². The Bertz CT molecular complexity index is 4360. The van der Waals surface area contributed by atoms with E-state index in [0.717, 1.165) is 68.7 Å². The molecule has 0 atom stereocenters. The minimum absolute atomic E-state index is 0.00355. The highest BCUT2D eigenvalue weighted by Crippen LogP contribution is 2.52. The smallest absolute Gasteiger partial charge is 0.252 e. The molecule has 0 radical (unpaired) electrons. The van der Waals surface area contributed by atoms with Crippen LogP contribution in [0.2, 0.25) is 0 Å². The molecule has 0 amide bonds. The van der Waals surface area contributed by atoms with Crippen LogP contribution in [0.1, 0.15) is 161 Å². The fourth-order valence-corrected chi connectivity index (χ4v) is 13.9. The molecule has 87 heavy (non-hydrogen) atoms. The molecule has 0 spiro atoms. The van der Waals surface area contributed by atoms with Crippen LogP contribution >= 0.6 is 0 Å². The van der Waals surface area contributed by atoms with E-state index in [4.69, 9.17) is 4.42 Å². The molecule has 0 saturated carbocycles. The fourth-order valence-electron chi connectivity index (χ4n) is 13.9. The maximum Gasteiger partial charge on any atom is 0.252 e. The molecule has 1 aromatic heterocycles. The number of allylic oxidation sites excluding steroid dienone is 4. The van der Waals surface area contributed by atoms with Crippen molar-refractivity contribution in [2.75, 3.05) is 14.7 Å². The van der Waals surface area contributed by atoms with E-state index >= 15 is 0 Å². The summed E-state index contributed by atoms with van der Waals surface area (Å²) < 4.78 is 6.80. The molecule has 0 N–H and O–H groups in total. The third kappa shape index (κ3) is 10.1. The van der Waals surface area contributed by atoms with Crippen molar-refractivity contribution >= 4 is 102 Å². The summed E-state index contributed by atoms with van der Waals surface area (Å²) in [7, 11) is 0. The van der Waals surface area contributed by atoms with Gasteiger partial charge in [-0.1, -0.05) is 219 Å². The molecular formula is C82H86BN3O. The van der Waals surface area contributed by atoms with Crippen LogP contribution in [0, 0.1) is 13.8 Å². The van der Waals surface area contributed by atoms with Gasteiger partial charge in [0.2, 0.25) is 0 Å². The van der Waals surface area contributed by atoms with Crippen molar-refractivity contribution in [2.45, 2.75) is 158 Å². The largest absolute Gasteiger partial charge is 0.455 e. The number of hydrogen-bond acceptors (Lipinski definition) is 4. The topological polar surface area (TPSA) is 22.9 Å². The van der Waals surface area contributed by atoms with Gasteiger partial charge in [-0.25, -0.2) is 0 Å². The Kier molecular flexibility index (Phi) is 13.7. The van der Waals surface area contributed by atoms with Gasteiger partial charge >= 0.3 is 0 Å². The van der Waals surface area contributed by atoms with Crippen LogP contribution in [-0.4, -0.2) is 6.71 Å². The molecular weight excluding hydrogens is 1050 g/mol. The first-order valence-electron chi connectivity index (χ1n) is 31.7. The zero-order valence-electron chi connectivity index (χ0n) is 54.6. The van der Waals surface area contributed by atoms with E-state index in [0.29, 0.717) is 0 Å². The minimum Gasteiger partial charge on any atom is -0.455 e. The molecule has 2 aliphatic heterocycles. The number of rotatable bonds is 7. The Hall–Kier alpha value is -8.28. The Morgan fingerprint density at radius 1 is 0.425 bits per heavy atom. The summed E-state index contributed by atoms with van der Waals surface area (Å²) in [5.74, 6) is 0. The fraction of sp³-hybridized carbons (Fsp3) is 0.293. The monoisotopic (exact) mass is 1140 g/mol. The van der Waals surface area contributed by atoms with E-state index < -0.39 is 0 Å². The van der Waals surface area contributed by atoms with Crippen LogP contribution in [0.25, 0.3) is 38.6 Å². The second-order valence-electron chi connectivity index (χ2n) is 30.4. The van der Waals surface area contributed by atoms with Crippen LogP contribution < -0.4 is 31.1 Å². The van der Waals surface area contributed by atoms with Gasteiger partial charge < -0.3 is 19.1 Å². The van der Waals surface area contributed by atoms with Crippen LogP contribution in [-0.2, 0) is 27.1 Å². The number of para-hydroxylation sites is 2. The van der Waals surface area contributed by atoms with Crippen molar-refractivity contribution in [1.29, 1.82) is 0 Å². The summed E-state index contributed by atoms with van der Waals surface area (Å²) in [6.45, 7) is 39.6. The van der Waals surface area contributed by atoms with Crippen LogP contribution in [0.15, 0.2) is 193 Å². The molecule has 0 unspecified atom stereocenters. The second-order valence-corrected chi connectivity index (χ2v) is 30.4. The molecule has 0 saturated heterocycles. The maximum absolute atomic E-state index is 6.80. The third-order valence-corrected chi connectivity index (χ3v) is 18.9. The van der Waals surface area contributed by atoms with Gasteiger partial charge in [-0.05, 0) is 193 Å². The standard InChI is InChI=1S/C82H86BN3O/c1-51-44-58(81(12,13)14)45-52(2)76(51)86-70-43-35-57(80(9,10)11)47-68(70)83-67-41-40-62(84(60-36-31-55(32-37-60)78(3,4)5)61-38-33-56(34-39-61)79(6,7)8)50-71(67)85(72-48-59(82(15,16)17)49-73(86)75(72)83)69-42-30-54(46-66(69)53-24-19-18-20-25-53)63-27-23-28-65-64-26-21-22-29-74(64)87-77(63)65/h18-19,21-24,26-50H,20,25H2,1-17H3. The second kappa shape index (κ2) is 20.7. The van der Waals surface area contributed by atoms with Crippen molar-refractivity contribution in [2.24, 2.45) is 0 Å². The molecule has 9 aromatic carbocycles. The van der Waals surface area contributed by atoms with Gasteiger partial charge in [0.05, 0.1) is 11.4 Å². The highest BCUT2D eigenvalue weighted by atomic mass is 16.3. The molecule has 13 rings (SSSR count). The van der Waals surface area contributed by atoms with Crippen molar-refractivity contribution in [1.82, 2.24) is 0 Å². The molecule has 4 nitrogen and oxygen atoms in total. The Morgan fingerprint density at radius 2 is 0.977 bits per heavy atom. The summed E-state index contributed by atoms with van der Waals surface area (Å²) in [4.78, 5) is 7.83. The van der Waals surface area contributed by atoms with Crippen molar-refractivity contribution in [3.05, 3.63) is 233 Å². The molecule has 1 aliphatic carbocycles. The lowest BCUT2D eigenvalue weighted by Crippen LogP contribution is -2.61. The van der Waals surface area contributed by atoms with Crippen molar-refractivity contribution < 1.29 is 4.42 Å². The summed E-state index contributed by atoms with van der Waals surface area (Å²) in [6.07, 6.45) is 8.83. The predicted octanol–water partition coefficient (Wildman–Crippen LogP) is 21.6. The number of anilines is 9. The van der Waals surface area contributed by atoms with Gasteiger partial charge in [0.15, 0.2) is 0 Å². The lowest BCUT2D eigenvalue weighted by molar-refractivity contribution is 0.589. The summed E-state index contributed by atoms with van der Waals surface area (Å²) in [5, 5.41) is 2.27. The number of fused-ring (bicyclic) bond motifs is 7. The Labute approximate surface area is 519 Å². The quantitative estimate of drug-likeness (QED) is 0.148. The van der Waals surface area contributed by atoms with E-state index in [2.05, 4.69) is 320 Å². The van der Waals surface area contributed by atoms with Gasteiger partial charge in [0.1, 0.15) is 11.2 Å². The average Bonchev–Trinajstić information content (AvgIpc) is 1.12. The van der Waals surface area contributed by atoms with Crippen LogP contribution in [0.5, 0.6) is 0 Å². The van der Waals surface area contributed by atoms with Gasteiger partial charge in [0, 0.05) is 61.7 Å². The third-order valence-electron chi connectivity index (χ3n) is 18.9. The number of benzene rings is 9. The van der Waals surface area contributed by atoms with Crippen molar-refractivity contribution in [3.8, 4) is 11.1 Å². The van der Waals surface area contributed by atoms with Gasteiger partial charge in [-0.3, -0.25) is 0 Å². The van der Waals surface area contributed by atoms with Crippen LogP contribution in [0.4, 0.5) is 51.2 Å². The Balaban J connectivity index is 1.15. The van der Waals surface area contributed by atoms with Gasteiger partial charge in [-0.2, -0.15) is 0 Å². The van der Waals surface area contributed by atoms with Crippen molar-refractivity contribution in [3.63, 3.8) is 0 Å². The van der Waals surface area contributed by atoms with E-state index in [1.165, 1.54) is 94.9 Å². The molecule has 3 aliphatic rings. The first kappa shape index (κ1) is 57.8. The molecule has 3 heterocycles. The molecule has 0 fully saturated rings. The number of furan rings is 1. The highest BCUT2D eigenvalue weighted by molar-refractivity contribution is 7.00. The van der Waals surface area contributed by atoms with E-state index in [1.54, 1.807) is 0 Å². The summed E-state index contributed by atoms with van der Waals surface area (Å²) >= 11 is 0. The first-order valence-corrected chi connectivity index (χ1v) is 31.7. The zero-order valence-corrected chi connectivity index (χ0v) is 54.6. The zero-order chi connectivity index (χ0) is 61.4. The minimum atomic E-state index is -0.207. The van der Waals surface area contributed by atoms with E-state index in [-0.39, 0.29) is 33.8 Å². The van der Waals surface area contributed by atoms with Gasteiger partial charge in [0.25, 0.3) is 6.71 Å². The lowest BCUT2D eigenvalue weighted by atomic mass is 9.33. The summed E-state index contributed by atoms with van der Waals surface area (Å²) in [5.41, 5.74) is 29.9. The highest BCUT2D eigenvalue weighted by Gasteiger charge is 2.46. The number of hydrogen-bond donors (Lipinski definition) is 0. The molecule has 5 heteroatoms. The normalized spacial score (nSPS) is 14.4. The Morgan fingerprint density at radius 3 is 1.57 bits per heavy atom. The number of aryl methyl sites for hydroxylation is 2. The van der Waals surface area contributed by atoms with E-state index in [9.17, 15) is 0 Å². The molecule has 438 valence electrons. The summed E-state index contributed by atoms with van der Waals surface area (Å²) in [6, 6.07) is 65.8. The predicted molar refractivity (Wildman–Crippen MR) is 377 cm³/mol. The van der Waals surface area contributed by atoms with Gasteiger partial charge in [-0.15, -0.1) is 0 Å². The average molecular weight is 1140 g/mol. The van der Waals surface area contributed by atoms with E-state index in [1.807, 2.05) is 0 Å². The lowest BCUT2D eigenvalue weighted by Gasteiger charge is -2.46. The number of nitrogens with zero attached hydrogens (tertiary/aromatic N) is 3. The SMILES string of the molecule is Cc1cc(C(C)(C)C)cc(C)c1N1c2ccc(C(C)(C)C)cc2B2c3ccc(N(c4ccc(C(C)(C)C)cc4)c4ccc(C(C)(C)C)cc4)cc3N(c3ccc(-c4cccc5c4oc4ccccc45)cc3C3=CC=CCC3)c3cc(C(C)(C)C)cc1c32.